The summed E-state index contributed by atoms with van der Waals surface area (Å²) < 4.78 is 0. The maximum Gasteiger partial charge on any atom is 0.224 e. The minimum absolute atomic E-state index is 0.170. The Labute approximate surface area is 126 Å². The van der Waals surface area contributed by atoms with E-state index in [9.17, 15) is 4.79 Å². The smallest absolute Gasteiger partial charge is 0.224 e. The predicted octanol–water partition coefficient (Wildman–Crippen LogP) is 1.78. The number of nitrogens with two attached hydrogens (primary N) is 1. The Morgan fingerprint density at radius 1 is 1.33 bits per heavy atom. The van der Waals surface area contributed by atoms with Gasteiger partial charge in [-0.05, 0) is 37.8 Å². The molecular formula is C17H25N3O. The van der Waals surface area contributed by atoms with Crippen molar-refractivity contribution in [1.29, 1.82) is 0 Å². The van der Waals surface area contributed by atoms with Crippen LogP contribution < -0.4 is 10.6 Å². The summed E-state index contributed by atoms with van der Waals surface area (Å²) in [4.78, 5) is 16.6. The van der Waals surface area contributed by atoms with E-state index in [0.29, 0.717) is 12.5 Å². The van der Waals surface area contributed by atoms with Crippen molar-refractivity contribution in [2.45, 2.75) is 44.7 Å². The van der Waals surface area contributed by atoms with Gasteiger partial charge >= 0.3 is 0 Å². The van der Waals surface area contributed by atoms with Crippen molar-refractivity contribution in [2.75, 3.05) is 24.5 Å². The lowest BCUT2D eigenvalue weighted by atomic mass is 9.96. The Balaban J connectivity index is 1.63. The van der Waals surface area contributed by atoms with Gasteiger partial charge in [0.05, 0.1) is 0 Å². The normalized spacial score (nSPS) is 25.0. The highest BCUT2D eigenvalue weighted by Crippen LogP contribution is 2.30. The Kier molecular flexibility index (Phi) is 4.15. The molecule has 1 saturated heterocycles. The number of para-hydroxylation sites is 1. The molecule has 4 heteroatoms. The minimum Gasteiger partial charge on any atom is -0.368 e. The molecule has 114 valence electrons. The quantitative estimate of drug-likeness (QED) is 0.922. The van der Waals surface area contributed by atoms with Crippen LogP contribution in [0, 0.1) is 0 Å². The van der Waals surface area contributed by atoms with Crippen LogP contribution in [0.2, 0.25) is 0 Å². The highest BCUT2D eigenvalue weighted by Gasteiger charge is 2.26. The zero-order valence-corrected chi connectivity index (χ0v) is 12.8. The molecule has 1 amide bonds. The second-order valence-corrected chi connectivity index (χ2v) is 6.35. The van der Waals surface area contributed by atoms with E-state index in [0.717, 1.165) is 32.5 Å². The molecule has 1 aromatic rings. The number of rotatable bonds is 3. The van der Waals surface area contributed by atoms with Crippen molar-refractivity contribution in [3.63, 3.8) is 0 Å². The van der Waals surface area contributed by atoms with Gasteiger partial charge in [0.25, 0.3) is 0 Å². The summed E-state index contributed by atoms with van der Waals surface area (Å²) in [6.07, 6.45) is 3.84. The number of hydrogen-bond donors (Lipinski definition) is 1. The van der Waals surface area contributed by atoms with Crippen molar-refractivity contribution in [3.8, 4) is 0 Å². The molecule has 0 unspecified atom stereocenters. The number of amides is 1. The highest BCUT2D eigenvalue weighted by molar-refractivity contribution is 5.77. The maximum absolute atomic E-state index is 12.3. The predicted molar refractivity (Wildman–Crippen MR) is 85.4 cm³/mol. The van der Waals surface area contributed by atoms with Gasteiger partial charge < -0.3 is 15.5 Å². The first-order valence-electron chi connectivity index (χ1n) is 8.03. The lowest BCUT2D eigenvalue weighted by molar-refractivity contribution is -0.130. The third kappa shape index (κ3) is 3.05. The van der Waals surface area contributed by atoms with Crippen LogP contribution in [0.15, 0.2) is 24.3 Å². The van der Waals surface area contributed by atoms with Crippen LogP contribution in [0.1, 0.15) is 31.7 Å². The molecule has 0 aromatic heterocycles. The Hall–Kier alpha value is -1.55. The van der Waals surface area contributed by atoms with Crippen molar-refractivity contribution < 1.29 is 4.79 Å². The molecule has 0 bridgehead atoms. The topological polar surface area (TPSA) is 49.6 Å². The van der Waals surface area contributed by atoms with Gasteiger partial charge in [-0.1, -0.05) is 18.2 Å². The summed E-state index contributed by atoms with van der Waals surface area (Å²) in [6.45, 7) is 4.62. The van der Waals surface area contributed by atoms with Crippen LogP contribution in [-0.4, -0.2) is 42.5 Å². The lowest BCUT2D eigenvalue weighted by Gasteiger charge is -2.37. The van der Waals surface area contributed by atoms with E-state index in [2.05, 4.69) is 36.1 Å². The molecule has 2 heterocycles. The standard InChI is InChI=1S/C17H25N3O/c1-13-6-7-14-4-2-3-5-16(14)20(13)11-9-17(21)19-10-8-15(18)12-19/h2-5,13,15H,6-12,18H2,1H3/t13-,15-/m1/s1. The number of nitrogens with zero attached hydrogens (tertiary/aromatic N) is 2. The second kappa shape index (κ2) is 6.06. The number of carbonyl (C=O) groups is 1. The first kappa shape index (κ1) is 14.4. The van der Waals surface area contributed by atoms with Gasteiger partial charge in [-0.2, -0.15) is 0 Å². The third-order valence-corrected chi connectivity index (χ3v) is 4.81. The van der Waals surface area contributed by atoms with E-state index in [4.69, 9.17) is 5.73 Å². The van der Waals surface area contributed by atoms with Crippen LogP contribution in [0.25, 0.3) is 0 Å². The monoisotopic (exact) mass is 287 g/mol. The SMILES string of the molecule is C[C@@H]1CCc2ccccc2N1CCC(=O)N1CC[C@@H](N)C1. The zero-order chi connectivity index (χ0) is 14.8. The molecule has 4 nitrogen and oxygen atoms in total. The molecular weight excluding hydrogens is 262 g/mol. The van der Waals surface area contributed by atoms with Crippen LogP contribution in [0.3, 0.4) is 0 Å². The van der Waals surface area contributed by atoms with E-state index in [1.807, 2.05) is 4.90 Å². The van der Waals surface area contributed by atoms with E-state index in [1.165, 1.54) is 17.7 Å². The second-order valence-electron chi connectivity index (χ2n) is 6.35. The Bertz CT molecular complexity index is 517. The fourth-order valence-electron chi connectivity index (χ4n) is 3.49. The summed E-state index contributed by atoms with van der Waals surface area (Å²) in [6, 6.07) is 9.25. The molecule has 0 spiro atoms. The minimum atomic E-state index is 0.170. The lowest BCUT2D eigenvalue weighted by Crippen LogP contribution is -2.40. The number of hydrogen-bond acceptors (Lipinski definition) is 3. The average Bonchev–Trinajstić information content (AvgIpc) is 2.92. The van der Waals surface area contributed by atoms with E-state index in [1.54, 1.807) is 0 Å². The van der Waals surface area contributed by atoms with Crippen molar-refractivity contribution >= 4 is 11.6 Å². The number of aryl methyl sites for hydroxylation is 1. The fourth-order valence-corrected chi connectivity index (χ4v) is 3.49. The molecule has 2 aliphatic rings. The summed E-state index contributed by atoms with van der Waals surface area (Å²) in [5, 5.41) is 0. The highest BCUT2D eigenvalue weighted by atomic mass is 16.2. The van der Waals surface area contributed by atoms with Gasteiger partial charge in [0.1, 0.15) is 0 Å². The van der Waals surface area contributed by atoms with E-state index < -0.39 is 0 Å². The molecule has 0 radical (unpaired) electrons. The molecule has 2 atom stereocenters. The van der Waals surface area contributed by atoms with E-state index >= 15 is 0 Å². The molecule has 2 N–H and O–H groups in total. The van der Waals surface area contributed by atoms with Crippen LogP contribution in [0.4, 0.5) is 5.69 Å². The Morgan fingerprint density at radius 3 is 2.90 bits per heavy atom. The maximum atomic E-state index is 12.3. The number of fused-ring (bicyclic) bond motifs is 1. The van der Waals surface area contributed by atoms with Crippen molar-refractivity contribution in [2.24, 2.45) is 5.73 Å². The van der Waals surface area contributed by atoms with Crippen LogP contribution in [-0.2, 0) is 11.2 Å². The Morgan fingerprint density at radius 2 is 2.14 bits per heavy atom. The summed E-state index contributed by atoms with van der Waals surface area (Å²) >= 11 is 0. The molecule has 21 heavy (non-hydrogen) atoms. The summed E-state index contributed by atoms with van der Waals surface area (Å²) in [5.74, 6) is 0.248. The van der Waals surface area contributed by atoms with Crippen molar-refractivity contribution in [3.05, 3.63) is 29.8 Å². The molecule has 1 fully saturated rings. The van der Waals surface area contributed by atoms with Crippen molar-refractivity contribution in [1.82, 2.24) is 4.90 Å². The number of likely N-dealkylation sites (tertiary alicyclic amines) is 1. The van der Waals surface area contributed by atoms with Gasteiger partial charge in [0.2, 0.25) is 5.91 Å². The first-order chi connectivity index (χ1) is 10.1. The largest absolute Gasteiger partial charge is 0.368 e. The first-order valence-corrected chi connectivity index (χ1v) is 8.03. The van der Waals surface area contributed by atoms with Gasteiger partial charge in [-0.3, -0.25) is 4.79 Å². The average molecular weight is 287 g/mol. The van der Waals surface area contributed by atoms with Gasteiger partial charge in [-0.15, -0.1) is 0 Å². The summed E-state index contributed by atoms with van der Waals surface area (Å²) in [5.41, 5.74) is 8.60. The molecule has 1 aromatic carbocycles. The molecule has 3 rings (SSSR count). The van der Waals surface area contributed by atoms with Crippen LogP contribution >= 0.6 is 0 Å². The molecule has 0 aliphatic carbocycles. The molecule has 2 aliphatic heterocycles. The van der Waals surface area contributed by atoms with Gasteiger partial charge in [0, 0.05) is 43.8 Å². The van der Waals surface area contributed by atoms with Crippen LogP contribution in [0.5, 0.6) is 0 Å². The number of carbonyl (C=O) groups excluding carboxylic acids is 1. The third-order valence-electron chi connectivity index (χ3n) is 4.81. The summed E-state index contributed by atoms with van der Waals surface area (Å²) in [7, 11) is 0. The number of benzene rings is 1. The van der Waals surface area contributed by atoms with Gasteiger partial charge in [0.15, 0.2) is 0 Å². The molecule has 0 saturated carbocycles. The van der Waals surface area contributed by atoms with Gasteiger partial charge in [-0.25, -0.2) is 0 Å². The van der Waals surface area contributed by atoms with E-state index in [-0.39, 0.29) is 11.9 Å². The zero-order valence-electron chi connectivity index (χ0n) is 12.8. The fraction of sp³-hybridized carbons (Fsp3) is 0.588. The number of anilines is 1.